The van der Waals surface area contributed by atoms with E-state index in [4.69, 9.17) is 0 Å². The monoisotopic (exact) mass is 374 g/mol. The first-order valence-corrected chi connectivity index (χ1v) is 9.44. The third-order valence-electron chi connectivity index (χ3n) is 3.73. The van der Waals surface area contributed by atoms with Crippen LogP contribution < -0.4 is 4.74 Å². The van der Waals surface area contributed by atoms with Gasteiger partial charge in [0.25, 0.3) is 5.91 Å². The normalized spacial score (nSPS) is 19.7. The van der Waals surface area contributed by atoms with Crippen LogP contribution in [0.4, 0.5) is 8.78 Å². The predicted molar refractivity (Wildman–Crippen MR) is 89.7 cm³/mol. The van der Waals surface area contributed by atoms with Crippen LogP contribution in [0.3, 0.4) is 0 Å². The van der Waals surface area contributed by atoms with Crippen molar-refractivity contribution in [1.29, 1.82) is 0 Å². The summed E-state index contributed by atoms with van der Waals surface area (Å²) in [6, 6.07) is 5.45. The number of sulfone groups is 1. The summed E-state index contributed by atoms with van der Waals surface area (Å²) < 4.78 is 51.7. The Bertz CT molecular complexity index is 733. The van der Waals surface area contributed by atoms with E-state index >= 15 is 0 Å². The number of alkyl halides is 2. The second-order valence-electron chi connectivity index (χ2n) is 5.87. The molecule has 25 heavy (non-hydrogen) atoms. The molecule has 1 heterocycles. The molecule has 1 aliphatic rings. The topological polar surface area (TPSA) is 66.9 Å². The number of benzene rings is 1. The quantitative estimate of drug-likeness (QED) is 0.561. The number of carbonyl (C=O) groups excluding carboxylic acids is 1. The smallest absolute Gasteiger partial charge is 0.387 e. The van der Waals surface area contributed by atoms with Crippen LogP contribution in [-0.4, -0.2) is 62.6 Å². The number of nitrogens with zero attached hydrogens (tertiary/aromatic N) is 2. The second-order valence-corrected chi connectivity index (χ2v) is 8.10. The highest BCUT2D eigenvalue weighted by molar-refractivity contribution is 7.91. The van der Waals surface area contributed by atoms with E-state index in [1.165, 1.54) is 29.3 Å². The lowest BCUT2D eigenvalue weighted by Crippen LogP contribution is -2.48. The Morgan fingerprint density at radius 1 is 1.28 bits per heavy atom. The standard InChI is InChI=1S/C16H20F2N2O4S/c1-19(2)20(13-9-10-25(22,23)11-13)15(21)8-5-12-3-6-14(7-4-12)24-16(17)18/h3-8,13,16H,9-11H2,1-2H3. The molecule has 0 radical (unpaired) electrons. The van der Waals surface area contributed by atoms with Gasteiger partial charge in [0.2, 0.25) is 0 Å². The summed E-state index contributed by atoms with van der Waals surface area (Å²) in [7, 11) is 0.238. The SMILES string of the molecule is CN(C)N(C(=O)C=Cc1ccc(OC(F)F)cc1)C1CCS(=O)(=O)C1. The highest BCUT2D eigenvalue weighted by atomic mass is 32.2. The lowest BCUT2D eigenvalue weighted by Gasteiger charge is -2.32. The average molecular weight is 374 g/mol. The van der Waals surface area contributed by atoms with Crippen LogP contribution in [0.15, 0.2) is 30.3 Å². The first kappa shape index (κ1) is 19.3. The molecule has 0 spiro atoms. The zero-order valence-electron chi connectivity index (χ0n) is 13.9. The van der Waals surface area contributed by atoms with Crippen molar-refractivity contribution >= 4 is 21.8 Å². The van der Waals surface area contributed by atoms with E-state index in [1.807, 2.05) is 0 Å². The minimum absolute atomic E-state index is 0.0320. The van der Waals surface area contributed by atoms with Crippen LogP contribution in [0.25, 0.3) is 6.08 Å². The van der Waals surface area contributed by atoms with Crippen molar-refractivity contribution in [3.8, 4) is 5.75 Å². The zero-order chi connectivity index (χ0) is 18.6. The molecule has 9 heteroatoms. The molecule has 138 valence electrons. The molecule has 0 aromatic heterocycles. The van der Waals surface area contributed by atoms with E-state index in [0.717, 1.165) is 0 Å². The van der Waals surface area contributed by atoms with Crippen molar-refractivity contribution in [2.45, 2.75) is 19.1 Å². The Morgan fingerprint density at radius 2 is 1.92 bits per heavy atom. The van der Waals surface area contributed by atoms with Gasteiger partial charge in [-0.3, -0.25) is 9.80 Å². The largest absolute Gasteiger partial charge is 0.435 e. The van der Waals surface area contributed by atoms with Gasteiger partial charge in [-0.05, 0) is 30.2 Å². The Morgan fingerprint density at radius 3 is 2.40 bits per heavy atom. The second kappa shape index (κ2) is 7.92. The van der Waals surface area contributed by atoms with Gasteiger partial charge in [-0.1, -0.05) is 12.1 Å². The molecular formula is C16H20F2N2O4S. The third-order valence-corrected chi connectivity index (χ3v) is 5.48. The molecule has 1 aromatic rings. The van der Waals surface area contributed by atoms with Gasteiger partial charge in [-0.2, -0.15) is 8.78 Å². The fraction of sp³-hybridized carbons (Fsp3) is 0.438. The number of hydrogen-bond acceptors (Lipinski definition) is 5. The van der Waals surface area contributed by atoms with Crippen LogP contribution in [0.2, 0.25) is 0 Å². The minimum atomic E-state index is -3.11. The van der Waals surface area contributed by atoms with Crippen LogP contribution in [0.1, 0.15) is 12.0 Å². The number of ether oxygens (including phenoxy) is 1. The van der Waals surface area contributed by atoms with E-state index in [2.05, 4.69) is 4.74 Å². The molecule has 1 saturated heterocycles. The molecule has 1 aliphatic heterocycles. The maximum Gasteiger partial charge on any atom is 0.387 e. The van der Waals surface area contributed by atoms with Gasteiger partial charge in [-0.15, -0.1) is 0 Å². The molecule has 1 unspecified atom stereocenters. The molecule has 1 atom stereocenters. The van der Waals surface area contributed by atoms with Crippen LogP contribution in [-0.2, 0) is 14.6 Å². The van der Waals surface area contributed by atoms with Crippen LogP contribution in [0, 0.1) is 0 Å². The molecule has 1 aromatic carbocycles. The van der Waals surface area contributed by atoms with Crippen LogP contribution in [0.5, 0.6) is 5.75 Å². The van der Waals surface area contributed by atoms with Crippen LogP contribution >= 0.6 is 0 Å². The first-order valence-electron chi connectivity index (χ1n) is 7.62. The molecule has 0 bridgehead atoms. The molecule has 0 saturated carbocycles. The predicted octanol–water partition coefficient (Wildman–Crippen LogP) is 1.79. The van der Waals surface area contributed by atoms with E-state index in [-0.39, 0.29) is 29.2 Å². The molecule has 0 N–H and O–H groups in total. The number of halogens is 2. The third kappa shape index (κ3) is 5.50. The van der Waals surface area contributed by atoms with Crippen molar-refractivity contribution in [2.24, 2.45) is 0 Å². The van der Waals surface area contributed by atoms with E-state index in [1.54, 1.807) is 31.2 Å². The average Bonchev–Trinajstić information content (AvgIpc) is 2.85. The van der Waals surface area contributed by atoms with E-state index < -0.39 is 16.4 Å². The Balaban J connectivity index is 2.06. The summed E-state index contributed by atoms with van der Waals surface area (Å²) in [6.07, 6.45) is 3.27. The number of amides is 1. The summed E-state index contributed by atoms with van der Waals surface area (Å²) in [6.45, 7) is -2.89. The van der Waals surface area contributed by atoms with Gasteiger partial charge in [0.15, 0.2) is 9.84 Å². The fourth-order valence-corrected chi connectivity index (χ4v) is 4.37. The highest BCUT2D eigenvalue weighted by Gasteiger charge is 2.35. The van der Waals surface area contributed by atoms with E-state index in [9.17, 15) is 22.0 Å². The Labute approximate surface area is 145 Å². The Kier molecular flexibility index (Phi) is 6.12. The van der Waals surface area contributed by atoms with Gasteiger partial charge < -0.3 is 4.74 Å². The molecule has 1 fully saturated rings. The number of carbonyl (C=O) groups is 1. The van der Waals surface area contributed by atoms with Crippen molar-refractivity contribution < 1.29 is 26.7 Å². The summed E-state index contributed by atoms with van der Waals surface area (Å²) in [5, 5.41) is 2.98. The summed E-state index contributed by atoms with van der Waals surface area (Å²) >= 11 is 0. The van der Waals surface area contributed by atoms with E-state index in [0.29, 0.717) is 12.0 Å². The molecule has 1 amide bonds. The summed E-state index contributed by atoms with van der Waals surface area (Å²) in [4.78, 5) is 12.4. The first-order chi connectivity index (χ1) is 11.7. The summed E-state index contributed by atoms with van der Waals surface area (Å²) in [5.74, 6) is -0.292. The summed E-state index contributed by atoms with van der Waals surface area (Å²) in [5.41, 5.74) is 0.632. The number of hydrazine groups is 1. The molecular weight excluding hydrogens is 354 g/mol. The van der Waals surface area contributed by atoms with Crippen molar-refractivity contribution in [3.63, 3.8) is 0 Å². The molecule has 2 rings (SSSR count). The maximum atomic E-state index is 12.4. The van der Waals surface area contributed by atoms with Gasteiger partial charge in [-0.25, -0.2) is 13.4 Å². The lowest BCUT2D eigenvalue weighted by atomic mass is 10.2. The lowest BCUT2D eigenvalue weighted by molar-refractivity contribution is -0.143. The Hall–Kier alpha value is -2.00. The number of hydrogen-bond donors (Lipinski definition) is 0. The number of rotatable bonds is 6. The van der Waals surface area contributed by atoms with Crippen molar-refractivity contribution in [1.82, 2.24) is 10.0 Å². The minimum Gasteiger partial charge on any atom is -0.435 e. The van der Waals surface area contributed by atoms with Crippen molar-refractivity contribution in [2.75, 3.05) is 25.6 Å². The van der Waals surface area contributed by atoms with Crippen molar-refractivity contribution in [3.05, 3.63) is 35.9 Å². The van der Waals surface area contributed by atoms with Gasteiger partial charge >= 0.3 is 6.61 Å². The van der Waals surface area contributed by atoms with Gasteiger partial charge in [0.05, 0.1) is 17.5 Å². The van der Waals surface area contributed by atoms with Gasteiger partial charge in [0, 0.05) is 20.2 Å². The highest BCUT2D eigenvalue weighted by Crippen LogP contribution is 2.20. The fourth-order valence-electron chi connectivity index (χ4n) is 2.68. The maximum absolute atomic E-state index is 12.4. The zero-order valence-corrected chi connectivity index (χ0v) is 14.7. The molecule has 6 nitrogen and oxygen atoms in total. The van der Waals surface area contributed by atoms with Gasteiger partial charge in [0.1, 0.15) is 5.75 Å². The molecule has 0 aliphatic carbocycles.